The van der Waals surface area contributed by atoms with Crippen LogP contribution in [0, 0.1) is 6.92 Å². The van der Waals surface area contributed by atoms with Gasteiger partial charge in [-0.05, 0) is 49.1 Å². The number of aromatic amines is 1. The SMILES string of the molecule is Cc1cc(=O)[nH]c2cc(C(=O)N3Cc4ccccc4CC3C)ccc12. The van der Waals surface area contributed by atoms with Crippen molar-refractivity contribution in [3.63, 3.8) is 0 Å². The Morgan fingerprint density at radius 1 is 1.12 bits per heavy atom. The first-order valence-corrected chi connectivity index (χ1v) is 8.54. The smallest absolute Gasteiger partial charge is 0.254 e. The van der Waals surface area contributed by atoms with E-state index >= 15 is 0 Å². The molecule has 3 aromatic rings. The first-order chi connectivity index (χ1) is 12.0. The van der Waals surface area contributed by atoms with Crippen LogP contribution in [0.3, 0.4) is 0 Å². The molecule has 1 unspecified atom stereocenters. The maximum Gasteiger partial charge on any atom is 0.254 e. The minimum Gasteiger partial charge on any atom is -0.331 e. The predicted octanol–water partition coefficient (Wildman–Crippen LogP) is 3.42. The number of nitrogens with one attached hydrogen (secondary N) is 1. The number of carbonyl (C=O) groups is 1. The summed E-state index contributed by atoms with van der Waals surface area (Å²) in [5.41, 5.74) is 4.62. The van der Waals surface area contributed by atoms with Crippen LogP contribution in [0.15, 0.2) is 53.3 Å². The summed E-state index contributed by atoms with van der Waals surface area (Å²) in [6.07, 6.45) is 0.867. The van der Waals surface area contributed by atoms with Gasteiger partial charge in [-0.25, -0.2) is 0 Å². The van der Waals surface area contributed by atoms with Gasteiger partial charge in [-0.2, -0.15) is 0 Å². The molecule has 1 amide bonds. The number of rotatable bonds is 1. The summed E-state index contributed by atoms with van der Waals surface area (Å²) in [4.78, 5) is 29.5. The summed E-state index contributed by atoms with van der Waals surface area (Å²) in [6, 6.07) is 15.6. The summed E-state index contributed by atoms with van der Waals surface area (Å²) >= 11 is 0. The molecule has 0 saturated carbocycles. The lowest BCUT2D eigenvalue weighted by Gasteiger charge is -2.35. The van der Waals surface area contributed by atoms with Crippen molar-refractivity contribution in [1.29, 1.82) is 0 Å². The summed E-state index contributed by atoms with van der Waals surface area (Å²) < 4.78 is 0. The molecule has 0 radical (unpaired) electrons. The molecule has 0 aliphatic carbocycles. The van der Waals surface area contributed by atoms with E-state index in [1.165, 1.54) is 11.1 Å². The number of fused-ring (bicyclic) bond motifs is 2. The lowest BCUT2D eigenvalue weighted by atomic mass is 9.94. The van der Waals surface area contributed by atoms with Crippen LogP contribution < -0.4 is 5.56 Å². The molecular formula is C21H20N2O2. The van der Waals surface area contributed by atoms with Gasteiger partial charge in [-0.3, -0.25) is 9.59 Å². The first kappa shape index (κ1) is 15.6. The van der Waals surface area contributed by atoms with Gasteiger partial charge in [0.2, 0.25) is 5.56 Å². The third-order valence-corrected chi connectivity index (χ3v) is 5.06. The molecule has 1 aliphatic heterocycles. The van der Waals surface area contributed by atoms with E-state index < -0.39 is 0 Å². The second-order valence-electron chi connectivity index (χ2n) is 6.83. The van der Waals surface area contributed by atoms with Gasteiger partial charge in [0.05, 0.1) is 0 Å². The fourth-order valence-corrected chi connectivity index (χ4v) is 3.68. The maximum absolute atomic E-state index is 13.1. The number of benzene rings is 2. The van der Waals surface area contributed by atoms with Crippen LogP contribution in [0.2, 0.25) is 0 Å². The molecule has 4 heteroatoms. The van der Waals surface area contributed by atoms with Crippen molar-refractivity contribution < 1.29 is 4.79 Å². The molecule has 1 aromatic heterocycles. The fourth-order valence-electron chi connectivity index (χ4n) is 3.68. The van der Waals surface area contributed by atoms with Gasteiger partial charge in [-0.15, -0.1) is 0 Å². The van der Waals surface area contributed by atoms with Crippen LogP contribution in [0.4, 0.5) is 0 Å². The second-order valence-corrected chi connectivity index (χ2v) is 6.83. The highest BCUT2D eigenvalue weighted by Crippen LogP contribution is 2.25. The van der Waals surface area contributed by atoms with Gasteiger partial charge in [0.25, 0.3) is 5.91 Å². The number of pyridine rings is 1. The monoisotopic (exact) mass is 332 g/mol. The van der Waals surface area contributed by atoms with Gasteiger partial charge < -0.3 is 9.88 Å². The van der Waals surface area contributed by atoms with Crippen molar-refractivity contribution in [1.82, 2.24) is 9.88 Å². The molecule has 1 atom stereocenters. The highest BCUT2D eigenvalue weighted by Gasteiger charge is 2.27. The quantitative estimate of drug-likeness (QED) is 0.742. The highest BCUT2D eigenvalue weighted by molar-refractivity contribution is 5.98. The van der Waals surface area contributed by atoms with Crippen molar-refractivity contribution in [2.75, 3.05) is 0 Å². The Hall–Kier alpha value is -2.88. The molecule has 2 heterocycles. The number of nitrogens with zero attached hydrogens (tertiary/aromatic N) is 1. The Kier molecular flexibility index (Phi) is 3.68. The van der Waals surface area contributed by atoms with E-state index in [0.29, 0.717) is 17.6 Å². The molecule has 4 nitrogen and oxygen atoms in total. The standard InChI is InChI=1S/C21H20N2O2/c1-13-9-20(24)22-19-11-16(7-8-18(13)19)21(25)23-12-17-6-4-3-5-15(17)10-14(23)2/h3-9,11,14H,10,12H2,1-2H3,(H,22,24). The second kappa shape index (κ2) is 5.88. The summed E-state index contributed by atoms with van der Waals surface area (Å²) in [6.45, 7) is 4.61. The third kappa shape index (κ3) is 2.74. The zero-order valence-electron chi connectivity index (χ0n) is 14.4. The molecule has 1 N–H and O–H groups in total. The van der Waals surface area contributed by atoms with Crippen molar-refractivity contribution in [3.8, 4) is 0 Å². The van der Waals surface area contributed by atoms with Crippen LogP contribution in [0.25, 0.3) is 10.9 Å². The number of H-pyrrole nitrogens is 1. The first-order valence-electron chi connectivity index (χ1n) is 8.54. The van der Waals surface area contributed by atoms with Gasteiger partial charge in [0.1, 0.15) is 0 Å². The van der Waals surface area contributed by atoms with Crippen molar-refractivity contribution >= 4 is 16.8 Å². The maximum atomic E-state index is 13.1. The Balaban J connectivity index is 1.71. The van der Waals surface area contributed by atoms with Crippen molar-refractivity contribution in [2.24, 2.45) is 0 Å². The number of carbonyl (C=O) groups excluding carboxylic acids is 1. The van der Waals surface area contributed by atoms with Gasteiger partial charge in [0, 0.05) is 35.1 Å². The van der Waals surface area contributed by atoms with Crippen LogP contribution in [0.1, 0.15) is 34.0 Å². The van der Waals surface area contributed by atoms with Crippen LogP contribution >= 0.6 is 0 Å². The summed E-state index contributed by atoms with van der Waals surface area (Å²) in [5.74, 6) is 0.00579. The average Bonchev–Trinajstić information content (AvgIpc) is 2.60. The molecule has 0 spiro atoms. The molecule has 0 bridgehead atoms. The van der Waals surface area contributed by atoms with Gasteiger partial charge >= 0.3 is 0 Å². The molecule has 0 saturated heterocycles. The summed E-state index contributed by atoms with van der Waals surface area (Å²) in [5, 5.41) is 0.966. The fraction of sp³-hybridized carbons (Fsp3) is 0.238. The zero-order chi connectivity index (χ0) is 17.6. The van der Waals surface area contributed by atoms with E-state index in [-0.39, 0.29) is 17.5 Å². The number of hydrogen-bond acceptors (Lipinski definition) is 2. The van der Waals surface area contributed by atoms with Crippen LogP contribution in [0.5, 0.6) is 0 Å². The lowest BCUT2D eigenvalue weighted by molar-refractivity contribution is 0.0658. The largest absolute Gasteiger partial charge is 0.331 e. The van der Waals surface area contributed by atoms with E-state index in [0.717, 1.165) is 17.4 Å². The molecule has 126 valence electrons. The average molecular weight is 332 g/mol. The minimum atomic E-state index is -0.144. The van der Waals surface area contributed by atoms with E-state index in [2.05, 4.69) is 24.0 Å². The van der Waals surface area contributed by atoms with Crippen LogP contribution in [-0.4, -0.2) is 21.8 Å². The van der Waals surface area contributed by atoms with E-state index in [1.807, 2.05) is 36.1 Å². The molecular weight excluding hydrogens is 312 g/mol. The number of aromatic nitrogens is 1. The van der Waals surface area contributed by atoms with E-state index in [1.54, 1.807) is 12.1 Å². The topological polar surface area (TPSA) is 53.2 Å². The molecule has 2 aromatic carbocycles. The molecule has 0 fully saturated rings. The van der Waals surface area contributed by atoms with E-state index in [9.17, 15) is 9.59 Å². The number of aryl methyl sites for hydroxylation is 1. The zero-order valence-corrected chi connectivity index (χ0v) is 14.4. The van der Waals surface area contributed by atoms with Crippen molar-refractivity contribution in [3.05, 3.63) is 81.1 Å². The van der Waals surface area contributed by atoms with Crippen LogP contribution in [-0.2, 0) is 13.0 Å². The van der Waals surface area contributed by atoms with Gasteiger partial charge in [0.15, 0.2) is 0 Å². The minimum absolute atomic E-state index is 0.00579. The Bertz CT molecular complexity index is 1040. The predicted molar refractivity (Wildman–Crippen MR) is 98.8 cm³/mol. The number of hydrogen-bond donors (Lipinski definition) is 1. The molecule has 25 heavy (non-hydrogen) atoms. The Labute approximate surface area is 146 Å². The lowest BCUT2D eigenvalue weighted by Crippen LogP contribution is -2.42. The number of amides is 1. The third-order valence-electron chi connectivity index (χ3n) is 5.06. The Morgan fingerprint density at radius 2 is 1.88 bits per heavy atom. The normalized spacial score (nSPS) is 16.7. The van der Waals surface area contributed by atoms with Gasteiger partial charge in [-0.1, -0.05) is 30.3 Å². The molecule has 1 aliphatic rings. The molecule has 4 rings (SSSR count). The van der Waals surface area contributed by atoms with E-state index in [4.69, 9.17) is 0 Å². The highest BCUT2D eigenvalue weighted by atomic mass is 16.2. The Morgan fingerprint density at radius 3 is 2.68 bits per heavy atom. The van der Waals surface area contributed by atoms with Crippen molar-refractivity contribution in [2.45, 2.75) is 32.9 Å². The summed E-state index contributed by atoms with van der Waals surface area (Å²) in [7, 11) is 0.